The summed E-state index contributed by atoms with van der Waals surface area (Å²) in [5.41, 5.74) is 6.55. The molecule has 2 rings (SSSR count). The molecule has 0 bridgehead atoms. The molecule has 1 heterocycles. The highest BCUT2D eigenvalue weighted by Crippen LogP contribution is 2.25. The third kappa shape index (κ3) is 3.97. The largest absolute Gasteiger partial charge is 0.369 e. The molecule has 1 amide bonds. The predicted molar refractivity (Wildman–Crippen MR) is 82.8 cm³/mol. The molecule has 0 saturated carbocycles. The minimum atomic E-state index is -0.266. The smallest absolute Gasteiger partial charge is 0.226 e. The van der Waals surface area contributed by atoms with Crippen molar-refractivity contribution in [3.63, 3.8) is 0 Å². The van der Waals surface area contributed by atoms with Gasteiger partial charge in [-0.2, -0.15) is 0 Å². The molecule has 1 aliphatic rings. The zero-order valence-corrected chi connectivity index (χ0v) is 12.9. The van der Waals surface area contributed by atoms with Gasteiger partial charge in [0.25, 0.3) is 0 Å². The van der Waals surface area contributed by atoms with Gasteiger partial charge in [-0.05, 0) is 36.0 Å². The first-order valence-corrected chi connectivity index (χ1v) is 7.60. The van der Waals surface area contributed by atoms with E-state index < -0.39 is 0 Å². The van der Waals surface area contributed by atoms with E-state index in [4.69, 9.17) is 17.3 Å². The molecular formula is C16H23ClN2O. The van der Waals surface area contributed by atoms with Crippen molar-refractivity contribution in [2.75, 3.05) is 19.6 Å². The van der Waals surface area contributed by atoms with Crippen molar-refractivity contribution in [1.29, 1.82) is 0 Å². The molecule has 1 saturated heterocycles. The summed E-state index contributed by atoms with van der Waals surface area (Å²) >= 11 is 5.90. The Morgan fingerprint density at radius 1 is 1.30 bits per heavy atom. The van der Waals surface area contributed by atoms with Crippen LogP contribution in [0.2, 0.25) is 5.02 Å². The Morgan fingerprint density at radius 2 is 1.85 bits per heavy atom. The van der Waals surface area contributed by atoms with Crippen LogP contribution in [0.3, 0.4) is 0 Å². The molecule has 1 aliphatic heterocycles. The number of halogens is 1. The zero-order chi connectivity index (χ0) is 14.7. The summed E-state index contributed by atoms with van der Waals surface area (Å²) in [5.74, 6) is 0.831. The van der Waals surface area contributed by atoms with Crippen LogP contribution in [-0.2, 0) is 4.79 Å². The summed E-state index contributed by atoms with van der Waals surface area (Å²) < 4.78 is 0. The summed E-state index contributed by atoms with van der Waals surface area (Å²) in [4.78, 5) is 14.1. The van der Waals surface area contributed by atoms with Gasteiger partial charge in [0, 0.05) is 24.7 Å². The number of hydrogen-bond donors (Lipinski definition) is 1. The Bertz CT molecular complexity index is 450. The lowest BCUT2D eigenvalue weighted by atomic mass is 9.90. The number of carbonyl (C=O) groups is 1. The van der Waals surface area contributed by atoms with Crippen molar-refractivity contribution in [3.05, 3.63) is 34.9 Å². The Balaban J connectivity index is 2.09. The fourth-order valence-electron chi connectivity index (χ4n) is 3.25. The lowest BCUT2D eigenvalue weighted by Gasteiger charge is -2.36. The molecule has 1 fully saturated rings. The summed E-state index contributed by atoms with van der Waals surface area (Å²) in [5, 5.41) is 0.678. The number of likely N-dealkylation sites (tertiary alicyclic amines) is 1. The van der Waals surface area contributed by atoms with Crippen LogP contribution in [0.15, 0.2) is 24.3 Å². The second-order valence-corrected chi connectivity index (χ2v) is 6.61. The van der Waals surface area contributed by atoms with Crippen molar-refractivity contribution in [1.82, 2.24) is 4.90 Å². The lowest BCUT2D eigenvalue weighted by Crippen LogP contribution is -2.43. The van der Waals surface area contributed by atoms with Crippen molar-refractivity contribution in [2.45, 2.75) is 26.2 Å². The maximum Gasteiger partial charge on any atom is 0.226 e. The van der Waals surface area contributed by atoms with Crippen LogP contribution in [0, 0.1) is 11.8 Å². The van der Waals surface area contributed by atoms with Crippen LogP contribution in [0.25, 0.3) is 0 Å². The number of benzene rings is 1. The van der Waals surface area contributed by atoms with E-state index in [1.54, 1.807) is 0 Å². The molecule has 0 radical (unpaired) electrons. The second-order valence-electron chi connectivity index (χ2n) is 6.17. The molecule has 0 spiro atoms. The highest BCUT2D eigenvalue weighted by atomic mass is 35.5. The zero-order valence-electron chi connectivity index (χ0n) is 12.2. The molecule has 0 aromatic heterocycles. The van der Waals surface area contributed by atoms with E-state index in [0.29, 0.717) is 23.4 Å². The Labute approximate surface area is 126 Å². The minimum Gasteiger partial charge on any atom is -0.369 e. The Kier molecular flexibility index (Phi) is 5.06. The average molecular weight is 295 g/mol. The van der Waals surface area contributed by atoms with Gasteiger partial charge in [0.15, 0.2) is 0 Å². The number of nitrogens with zero attached hydrogens (tertiary/aromatic N) is 1. The number of nitrogens with two attached hydrogens (primary N) is 1. The second kappa shape index (κ2) is 6.59. The molecule has 2 N–H and O–H groups in total. The van der Waals surface area contributed by atoms with Gasteiger partial charge in [-0.3, -0.25) is 4.79 Å². The summed E-state index contributed by atoms with van der Waals surface area (Å²) in [6.07, 6.45) is 1.26. The van der Waals surface area contributed by atoms with Crippen molar-refractivity contribution in [3.8, 4) is 0 Å². The van der Waals surface area contributed by atoms with E-state index in [2.05, 4.69) is 18.7 Å². The van der Waals surface area contributed by atoms with E-state index in [9.17, 15) is 4.79 Å². The third-order valence-corrected chi connectivity index (χ3v) is 4.25. The van der Waals surface area contributed by atoms with Gasteiger partial charge in [0.1, 0.15) is 0 Å². The predicted octanol–water partition coefficient (Wildman–Crippen LogP) is 2.89. The van der Waals surface area contributed by atoms with E-state index >= 15 is 0 Å². The van der Waals surface area contributed by atoms with Crippen LogP contribution in [-0.4, -0.2) is 30.4 Å². The lowest BCUT2D eigenvalue weighted by molar-refractivity contribution is -0.120. The standard InChI is InChI=1S/C16H23ClN2O/c1-11-7-12(2)9-19(8-11)10-15(16(18)20)13-3-5-14(17)6-4-13/h3-6,11-12,15H,7-10H2,1-2H3,(H2,18,20)/t11-,12+,15-/m1/s1. The third-order valence-electron chi connectivity index (χ3n) is 4.00. The van der Waals surface area contributed by atoms with E-state index in [1.807, 2.05) is 24.3 Å². The quantitative estimate of drug-likeness (QED) is 0.928. The maximum atomic E-state index is 11.8. The van der Waals surface area contributed by atoms with Crippen molar-refractivity contribution < 1.29 is 4.79 Å². The van der Waals surface area contributed by atoms with Gasteiger partial charge in [0.05, 0.1) is 5.92 Å². The molecule has 110 valence electrons. The molecule has 20 heavy (non-hydrogen) atoms. The molecule has 3 nitrogen and oxygen atoms in total. The van der Waals surface area contributed by atoms with Crippen molar-refractivity contribution >= 4 is 17.5 Å². The molecule has 0 aliphatic carbocycles. The maximum absolute atomic E-state index is 11.8. The SMILES string of the molecule is C[C@@H]1C[C@H](C)CN(C[C@@H](C(N)=O)c2ccc(Cl)cc2)C1. The van der Waals surface area contributed by atoms with Gasteiger partial charge in [0.2, 0.25) is 5.91 Å². The van der Waals surface area contributed by atoms with Gasteiger partial charge in [-0.25, -0.2) is 0 Å². The summed E-state index contributed by atoms with van der Waals surface area (Å²) in [6.45, 7) is 7.32. The van der Waals surface area contributed by atoms with Gasteiger partial charge >= 0.3 is 0 Å². The normalized spacial score (nSPS) is 25.4. The summed E-state index contributed by atoms with van der Waals surface area (Å²) in [6, 6.07) is 7.42. The number of rotatable bonds is 4. The highest BCUT2D eigenvalue weighted by molar-refractivity contribution is 6.30. The van der Waals surface area contributed by atoms with Crippen LogP contribution >= 0.6 is 11.6 Å². The Hall–Kier alpha value is -1.06. The van der Waals surface area contributed by atoms with Gasteiger partial charge < -0.3 is 10.6 Å². The molecule has 3 atom stereocenters. The fraction of sp³-hybridized carbons (Fsp3) is 0.562. The first-order chi connectivity index (χ1) is 9.45. The van der Waals surface area contributed by atoms with Crippen LogP contribution in [0.4, 0.5) is 0 Å². The first-order valence-electron chi connectivity index (χ1n) is 7.23. The topological polar surface area (TPSA) is 46.3 Å². The van der Waals surface area contributed by atoms with E-state index in [0.717, 1.165) is 18.7 Å². The number of primary amides is 1. The molecule has 1 aromatic carbocycles. The molecule has 4 heteroatoms. The average Bonchev–Trinajstić information content (AvgIpc) is 2.36. The van der Waals surface area contributed by atoms with Gasteiger partial charge in [-0.15, -0.1) is 0 Å². The fourth-order valence-corrected chi connectivity index (χ4v) is 3.38. The van der Waals surface area contributed by atoms with E-state index in [1.165, 1.54) is 6.42 Å². The summed E-state index contributed by atoms with van der Waals surface area (Å²) in [7, 11) is 0. The minimum absolute atomic E-state index is 0.259. The number of hydrogen-bond acceptors (Lipinski definition) is 2. The van der Waals surface area contributed by atoms with Crippen LogP contribution < -0.4 is 5.73 Å². The van der Waals surface area contributed by atoms with E-state index in [-0.39, 0.29) is 11.8 Å². The molecule has 0 unspecified atom stereocenters. The monoisotopic (exact) mass is 294 g/mol. The number of piperidine rings is 1. The first kappa shape index (κ1) is 15.3. The Morgan fingerprint density at radius 3 is 2.35 bits per heavy atom. The van der Waals surface area contributed by atoms with Gasteiger partial charge in [-0.1, -0.05) is 37.6 Å². The van der Waals surface area contributed by atoms with Crippen LogP contribution in [0.5, 0.6) is 0 Å². The highest BCUT2D eigenvalue weighted by Gasteiger charge is 2.26. The van der Waals surface area contributed by atoms with Crippen molar-refractivity contribution in [2.24, 2.45) is 17.6 Å². The van der Waals surface area contributed by atoms with Crippen LogP contribution in [0.1, 0.15) is 31.7 Å². The number of carbonyl (C=O) groups excluding carboxylic acids is 1. The molecular weight excluding hydrogens is 272 g/mol. The number of amides is 1. The molecule has 1 aromatic rings.